The molecule has 0 bridgehead atoms. The molecule has 1 aromatic rings. The van der Waals surface area contributed by atoms with E-state index >= 15 is 0 Å². The number of hydrogen-bond donors (Lipinski definition) is 0. The molecule has 0 aliphatic carbocycles. The molecule has 124 valence electrons. The Morgan fingerprint density at radius 2 is 1.59 bits per heavy atom. The molecule has 1 saturated heterocycles. The highest BCUT2D eigenvalue weighted by molar-refractivity contribution is 6.74. The molecule has 0 amide bonds. The second-order valence-corrected chi connectivity index (χ2v) is 13.8. The largest absolute Gasteiger partial charge is 0.405 e. The van der Waals surface area contributed by atoms with E-state index in [2.05, 4.69) is 85.0 Å². The Balaban J connectivity index is 2.40. The van der Waals surface area contributed by atoms with E-state index in [1.807, 2.05) is 0 Å². The molecule has 0 saturated carbocycles. The Hall–Kier alpha value is -0.643. The number of benzene rings is 1. The molecule has 0 unspecified atom stereocenters. The zero-order valence-corrected chi connectivity index (χ0v) is 16.5. The van der Waals surface area contributed by atoms with Crippen LogP contribution in [0.4, 0.5) is 0 Å². The summed E-state index contributed by atoms with van der Waals surface area (Å²) in [5.74, 6) is 0. The van der Waals surface area contributed by atoms with Gasteiger partial charge >= 0.3 is 0 Å². The van der Waals surface area contributed by atoms with Crippen molar-refractivity contribution in [2.45, 2.75) is 71.4 Å². The van der Waals surface area contributed by atoms with Gasteiger partial charge in [-0.15, -0.1) is 0 Å². The molecule has 0 spiro atoms. The maximum Gasteiger partial charge on any atom is 0.193 e. The zero-order valence-electron chi connectivity index (χ0n) is 15.5. The molecule has 1 aliphatic heterocycles. The average Bonchev–Trinajstić information content (AvgIpc) is 2.33. The third-order valence-corrected chi connectivity index (χ3v) is 9.99. The van der Waals surface area contributed by atoms with Gasteiger partial charge in [0.2, 0.25) is 0 Å². The van der Waals surface area contributed by atoms with Gasteiger partial charge in [-0.05, 0) is 29.1 Å². The van der Waals surface area contributed by atoms with Gasteiger partial charge in [0.15, 0.2) is 8.32 Å². The fourth-order valence-corrected chi connectivity index (χ4v) is 4.45. The lowest BCUT2D eigenvalue weighted by Crippen LogP contribution is -2.66. The van der Waals surface area contributed by atoms with Crippen LogP contribution in [0.5, 0.6) is 0 Å². The van der Waals surface area contributed by atoms with Crippen LogP contribution in [-0.4, -0.2) is 20.5 Å². The van der Waals surface area contributed by atoms with Gasteiger partial charge in [-0.1, -0.05) is 71.9 Å². The number of ether oxygens (including phenoxy) is 1. The number of rotatable bonds is 3. The zero-order chi connectivity index (χ0) is 16.8. The van der Waals surface area contributed by atoms with Crippen LogP contribution in [0, 0.1) is 5.41 Å². The smallest absolute Gasteiger partial charge is 0.193 e. The summed E-state index contributed by atoms with van der Waals surface area (Å²) in [5.41, 5.74) is 1.01. The molecule has 2 atom stereocenters. The Morgan fingerprint density at radius 1 is 1.05 bits per heavy atom. The topological polar surface area (TPSA) is 18.5 Å². The van der Waals surface area contributed by atoms with Crippen LogP contribution in [0.15, 0.2) is 30.3 Å². The first-order valence-electron chi connectivity index (χ1n) is 8.27. The van der Waals surface area contributed by atoms with Crippen molar-refractivity contribution in [3.8, 4) is 0 Å². The summed E-state index contributed by atoms with van der Waals surface area (Å²) in [6.45, 7) is 19.1. The minimum absolute atomic E-state index is 0.0290. The fourth-order valence-electron chi connectivity index (χ4n) is 2.77. The third-order valence-electron chi connectivity index (χ3n) is 5.50. The van der Waals surface area contributed by atoms with Crippen LogP contribution < -0.4 is 0 Å². The summed E-state index contributed by atoms with van der Waals surface area (Å²) in [6, 6.07) is 10.5. The Morgan fingerprint density at radius 3 is 1.95 bits per heavy atom. The predicted molar refractivity (Wildman–Crippen MR) is 95.6 cm³/mol. The van der Waals surface area contributed by atoms with Crippen molar-refractivity contribution in [3.05, 3.63) is 35.9 Å². The monoisotopic (exact) mass is 320 g/mol. The molecule has 22 heavy (non-hydrogen) atoms. The highest BCUT2D eigenvalue weighted by Crippen LogP contribution is 2.55. The van der Waals surface area contributed by atoms with E-state index in [1.54, 1.807) is 0 Å². The second kappa shape index (κ2) is 5.47. The summed E-state index contributed by atoms with van der Waals surface area (Å²) < 4.78 is 13.0. The highest BCUT2D eigenvalue weighted by atomic mass is 28.4. The van der Waals surface area contributed by atoms with Gasteiger partial charge in [0.05, 0.1) is 6.61 Å². The molecule has 2 nitrogen and oxygen atoms in total. The first-order valence-corrected chi connectivity index (χ1v) is 11.2. The Bertz CT molecular complexity index is 510. The maximum atomic E-state index is 6.97. The minimum atomic E-state index is -1.87. The Labute approximate surface area is 137 Å². The van der Waals surface area contributed by atoms with Crippen LogP contribution in [0.25, 0.3) is 0 Å². The van der Waals surface area contributed by atoms with Crippen molar-refractivity contribution in [3.63, 3.8) is 0 Å². The molecule has 1 aliphatic rings. The van der Waals surface area contributed by atoms with Crippen molar-refractivity contribution in [2.24, 2.45) is 5.41 Å². The molecule has 0 radical (unpaired) electrons. The lowest BCUT2D eigenvalue weighted by atomic mass is 9.69. The van der Waals surface area contributed by atoms with Gasteiger partial charge in [0, 0.05) is 0 Å². The van der Waals surface area contributed by atoms with E-state index in [0.29, 0.717) is 6.61 Å². The molecule has 3 heteroatoms. The van der Waals surface area contributed by atoms with Crippen molar-refractivity contribution < 1.29 is 9.16 Å². The minimum Gasteiger partial charge on any atom is -0.405 e. The van der Waals surface area contributed by atoms with E-state index < -0.39 is 8.32 Å². The van der Waals surface area contributed by atoms with Gasteiger partial charge in [0.1, 0.15) is 11.7 Å². The van der Waals surface area contributed by atoms with E-state index in [4.69, 9.17) is 9.16 Å². The highest BCUT2D eigenvalue weighted by Gasteiger charge is 2.61. The van der Waals surface area contributed by atoms with Gasteiger partial charge < -0.3 is 9.16 Å². The summed E-state index contributed by atoms with van der Waals surface area (Å²) in [7, 11) is -1.87. The van der Waals surface area contributed by atoms with Crippen LogP contribution in [0.3, 0.4) is 0 Å². The second-order valence-electron chi connectivity index (χ2n) is 9.10. The summed E-state index contributed by atoms with van der Waals surface area (Å²) in [4.78, 5) is 0. The van der Waals surface area contributed by atoms with Crippen molar-refractivity contribution in [1.82, 2.24) is 0 Å². The van der Waals surface area contributed by atoms with E-state index in [1.165, 1.54) is 5.56 Å². The first kappa shape index (κ1) is 17.7. The summed E-state index contributed by atoms with van der Waals surface area (Å²) in [5, 5.41) is 0.197. The lowest BCUT2D eigenvalue weighted by molar-refractivity contribution is -0.275. The van der Waals surface area contributed by atoms with Crippen LogP contribution >= 0.6 is 0 Å². The molecule has 2 rings (SSSR count). The van der Waals surface area contributed by atoms with E-state index in [0.717, 1.165) is 0 Å². The van der Waals surface area contributed by atoms with Gasteiger partial charge in [-0.25, -0.2) is 0 Å². The van der Waals surface area contributed by atoms with Crippen molar-refractivity contribution in [1.29, 1.82) is 0 Å². The predicted octanol–water partition coefficient (Wildman–Crippen LogP) is 5.56. The molecular weight excluding hydrogens is 288 g/mol. The third kappa shape index (κ3) is 2.91. The van der Waals surface area contributed by atoms with Crippen LogP contribution in [0.1, 0.15) is 53.2 Å². The summed E-state index contributed by atoms with van der Waals surface area (Å²) >= 11 is 0. The van der Waals surface area contributed by atoms with E-state index in [9.17, 15) is 0 Å². The normalized spacial score (nSPS) is 26.6. The van der Waals surface area contributed by atoms with E-state index in [-0.39, 0.29) is 22.2 Å². The van der Waals surface area contributed by atoms with Crippen molar-refractivity contribution in [2.75, 3.05) is 6.61 Å². The fraction of sp³-hybridized carbons (Fsp3) is 0.684. The molecule has 0 N–H and O–H groups in total. The van der Waals surface area contributed by atoms with Crippen LogP contribution in [-0.2, 0) is 9.16 Å². The maximum absolute atomic E-state index is 6.97. The van der Waals surface area contributed by atoms with Gasteiger partial charge in [-0.3, -0.25) is 0 Å². The van der Waals surface area contributed by atoms with Crippen molar-refractivity contribution >= 4 is 8.32 Å². The molecular formula is C19H32O2Si. The lowest BCUT2D eigenvalue weighted by Gasteiger charge is -2.60. The first-order chi connectivity index (χ1) is 9.91. The molecule has 1 heterocycles. The quantitative estimate of drug-likeness (QED) is 0.678. The van der Waals surface area contributed by atoms with Gasteiger partial charge in [-0.2, -0.15) is 0 Å². The molecule has 0 aromatic heterocycles. The summed E-state index contributed by atoms with van der Waals surface area (Å²) in [6.07, 6.45) is 0.0304. The Kier molecular flexibility index (Phi) is 4.40. The van der Waals surface area contributed by atoms with Crippen LogP contribution in [0.2, 0.25) is 18.1 Å². The molecule has 1 aromatic carbocycles. The number of hydrogen-bond acceptors (Lipinski definition) is 2. The standard InChI is InChI=1S/C19H32O2Si/c1-17(2,3)19(21-22(7,8)18(4,5)6)14-20-16(19)15-12-10-9-11-13-15/h9-13,16H,14H2,1-8H3/t16-,19-/m0/s1. The SMILES string of the molecule is CC(C)(C)[C@]1(O[Si](C)(C)C(C)(C)C)CO[C@H]1c1ccccc1. The van der Waals surface area contributed by atoms with Gasteiger partial charge in [0.25, 0.3) is 0 Å². The average molecular weight is 321 g/mol. The molecule has 1 fully saturated rings.